The Morgan fingerprint density at radius 2 is 2.00 bits per heavy atom. The Hall–Kier alpha value is -3.08. The van der Waals surface area contributed by atoms with Gasteiger partial charge >= 0.3 is 0 Å². The molecule has 1 saturated heterocycles. The van der Waals surface area contributed by atoms with E-state index in [0.717, 1.165) is 12.1 Å². The smallest absolute Gasteiger partial charge is 0.259 e. The summed E-state index contributed by atoms with van der Waals surface area (Å²) in [5.74, 6) is -2.07. The number of aromatic nitrogens is 2. The van der Waals surface area contributed by atoms with E-state index in [0.29, 0.717) is 25.5 Å². The lowest BCUT2D eigenvalue weighted by molar-refractivity contribution is 0.0716. The van der Waals surface area contributed by atoms with E-state index in [1.165, 1.54) is 4.90 Å². The van der Waals surface area contributed by atoms with E-state index in [1.54, 1.807) is 24.7 Å². The highest BCUT2D eigenvalue weighted by molar-refractivity contribution is 5.95. The maximum atomic E-state index is 14.1. The topological polar surface area (TPSA) is 73.1 Å². The Morgan fingerprint density at radius 1 is 1.28 bits per heavy atom. The number of hydrogen-bond donors (Lipinski definition) is 0. The van der Waals surface area contributed by atoms with Crippen LogP contribution in [0.3, 0.4) is 0 Å². The van der Waals surface area contributed by atoms with Gasteiger partial charge in [0.2, 0.25) is 0 Å². The van der Waals surface area contributed by atoms with Crippen LogP contribution >= 0.6 is 0 Å². The van der Waals surface area contributed by atoms with Crippen molar-refractivity contribution in [1.82, 2.24) is 14.9 Å². The molecule has 0 aliphatic carbocycles. The predicted octanol–water partition coefficient (Wildman–Crippen LogP) is 1.98. The molecular formula is C17H15F2N5O. The van der Waals surface area contributed by atoms with Crippen molar-refractivity contribution in [3.63, 3.8) is 0 Å². The Balaban J connectivity index is 1.79. The van der Waals surface area contributed by atoms with Gasteiger partial charge in [-0.25, -0.2) is 13.8 Å². The van der Waals surface area contributed by atoms with E-state index in [1.807, 2.05) is 11.8 Å². The highest BCUT2D eigenvalue weighted by atomic mass is 19.1. The van der Waals surface area contributed by atoms with Crippen LogP contribution in [0.1, 0.15) is 22.8 Å². The van der Waals surface area contributed by atoms with Gasteiger partial charge < -0.3 is 9.80 Å². The molecule has 1 fully saturated rings. The van der Waals surface area contributed by atoms with Crippen LogP contribution in [0.4, 0.5) is 14.6 Å². The summed E-state index contributed by atoms with van der Waals surface area (Å²) >= 11 is 0. The molecule has 6 nitrogen and oxygen atoms in total. The first-order valence-corrected chi connectivity index (χ1v) is 7.72. The van der Waals surface area contributed by atoms with Crippen LogP contribution in [0.2, 0.25) is 0 Å². The van der Waals surface area contributed by atoms with Crippen molar-refractivity contribution in [3.8, 4) is 6.07 Å². The van der Waals surface area contributed by atoms with Gasteiger partial charge in [-0.1, -0.05) is 0 Å². The third-order valence-electron chi connectivity index (χ3n) is 4.14. The minimum Gasteiger partial charge on any atom is -0.349 e. The van der Waals surface area contributed by atoms with Crippen molar-refractivity contribution in [1.29, 1.82) is 5.26 Å². The number of carbonyl (C=O) groups excluding carboxylic acids is 1. The number of halogens is 2. The summed E-state index contributed by atoms with van der Waals surface area (Å²) in [7, 11) is 0. The van der Waals surface area contributed by atoms with Gasteiger partial charge in [0.15, 0.2) is 0 Å². The van der Waals surface area contributed by atoms with Crippen LogP contribution in [0.15, 0.2) is 30.7 Å². The summed E-state index contributed by atoms with van der Waals surface area (Å²) in [6.45, 7) is 2.98. The van der Waals surface area contributed by atoms with Crippen LogP contribution in [-0.4, -0.2) is 46.5 Å². The second-order valence-electron chi connectivity index (χ2n) is 5.78. The van der Waals surface area contributed by atoms with Gasteiger partial charge in [-0.05, 0) is 19.1 Å². The molecule has 2 aromatic rings. The van der Waals surface area contributed by atoms with Gasteiger partial charge in [-0.3, -0.25) is 9.78 Å². The monoisotopic (exact) mass is 343 g/mol. The molecule has 0 bridgehead atoms. The molecule has 128 valence electrons. The first-order valence-electron chi connectivity index (χ1n) is 7.72. The SMILES string of the molecule is CC1CN(C(=O)c2c(F)cc(C#N)cc2F)CCN1c1cnccn1. The number of nitrogens with zero attached hydrogens (tertiary/aromatic N) is 5. The number of piperazine rings is 1. The third-order valence-corrected chi connectivity index (χ3v) is 4.14. The van der Waals surface area contributed by atoms with Gasteiger partial charge in [0.05, 0.1) is 17.8 Å². The maximum Gasteiger partial charge on any atom is 0.259 e. The fourth-order valence-corrected chi connectivity index (χ4v) is 2.92. The number of rotatable bonds is 2. The van der Waals surface area contributed by atoms with Crippen molar-refractivity contribution in [2.45, 2.75) is 13.0 Å². The minimum absolute atomic E-state index is 0.0843. The second kappa shape index (κ2) is 6.81. The summed E-state index contributed by atoms with van der Waals surface area (Å²) in [6.07, 6.45) is 4.79. The number of benzene rings is 1. The van der Waals surface area contributed by atoms with Crippen LogP contribution in [0.5, 0.6) is 0 Å². The quantitative estimate of drug-likeness (QED) is 0.834. The van der Waals surface area contributed by atoms with E-state index in [-0.39, 0.29) is 11.6 Å². The van der Waals surface area contributed by atoms with E-state index < -0.39 is 23.1 Å². The molecule has 0 N–H and O–H groups in total. The van der Waals surface area contributed by atoms with E-state index in [2.05, 4.69) is 9.97 Å². The highest BCUT2D eigenvalue weighted by Gasteiger charge is 2.31. The van der Waals surface area contributed by atoms with E-state index in [9.17, 15) is 13.6 Å². The zero-order chi connectivity index (χ0) is 18.0. The Bertz CT molecular complexity index is 814. The molecule has 1 aromatic heterocycles. The van der Waals surface area contributed by atoms with Gasteiger partial charge in [0, 0.05) is 38.1 Å². The number of nitriles is 1. The first kappa shape index (κ1) is 16.8. The Labute approximate surface area is 143 Å². The normalized spacial score (nSPS) is 17.3. The molecule has 3 rings (SSSR count). The van der Waals surface area contributed by atoms with Crippen LogP contribution in [-0.2, 0) is 0 Å². The molecule has 25 heavy (non-hydrogen) atoms. The molecule has 1 aromatic carbocycles. The number of hydrogen-bond acceptors (Lipinski definition) is 5. The van der Waals surface area contributed by atoms with Gasteiger partial charge in [-0.2, -0.15) is 5.26 Å². The number of amides is 1. The minimum atomic E-state index is -1.02. The van der Waals surface area contributed by atoms with Gasteiger partial charge in [0.25, 0.3) is 5.91 Å². The average Bonchev–Trinajstić information content (AvgIpc) is 2.61. The average molecular weight is 343 g/mol. The molecule has 8 heteroatoms. The van der Waals surface area contributed by atoms with Gasteiger partial charge in [0.1, 0.15) is 23.0 Å². The second-order valence-corrected chi connectivity index (χ2v) is 5.78. The van der Waals surface area contributed by atoms with Crippen LogP contribution in [0, 0.1) is 23.0 Å². The van der Waals surface area contributed by atoms with Crippen molar-refractivity contribution < 1.29 is 13.6 Å². The molecule has 0 spiro atoms. The molecule has 1 aliphatic rings. The first-order chi connectivity index (χ1) is 12.0. The van der Waals surface area contributed by atoms with E-state index in [4.69, 9.17) is 5.26 Å². The zero-order valence-corrected chi connectivity index (χ0v) is 13.5. The van der Waals surface area contributed by atoms with Crippen molar-refractivity contribution in [3.05, 3.63) is 53.5 Å². The van der Waals surface area contributed by atoms with E-state index >= 15 is 0 Å². The van der Waals surface area contributed by atoms with Crippen LogP contribution < -0.4 is 4.90 Å². The summed E-state index contributed by atoms with van der Waals surface area (Å²) < 4.78 is 28.1. The lowest BCUT2D eigenvalue weighted by atomic mass is 10.1. The van der Waals surface area contributed by atoms with Crippen molar-refractivity contribution in [2.24, 2.45) is 0 Å². The van der Waals surface area contributed by atoms with Crippen LogP contribution in [0.25, 0.3) is 0 Å². The lowest BCUT2D eigenvalue weighted by Gasteiger charge is -2.40. The number of anilines is 1. The maximum absolute atomic E-state index is 14.1. The van der Waals surface area contributed by atoms with Crippen molar-refractivity contribution in [2.75, 3.05) is 24.5 Å². The summed E-state index contributed by atoms with van der Waals surface area (Å²) in [5, 5.41) is 8.74. The fraction of sp³-hybridized carbons (Fsp3) is 0.294. The standard InChI is InChI=1S/C17H15F2N5O/c1-11-10-23(4-5-24(11)15-9-21-2-3-22-15)17(25)16-13(18)6-12(8-20)7-14(16)19/h2-3,6-7,9,11H,4-5,10H2,1H3. The molecule has 1 unspecified atom stereocenters. The molecular weight excluding hydrogens is 328 g/mol. The molecule has 1 atom stereocenters. The number of carbonyl (C=O) groups is 1. The third kappa shape index (κ3) is 3.26. The summed E-state index contributed by atoms with van der Waals surface area (Å²) in [5.41, 5.74) is -0.786. The lowest BCUT2D eigenvalue weighted by Crippen LogP contribution is -2.54. The fourth-order valence-electron chi connectivity index (χ4n) is 2.92. The van der Waals surface area contributed by atoms with Crippen molar-refractivity contribution >= 4 is 11.7 Å². The largest absolute Gasteiger partial charge is 0.349 e. The van der Waals surface area contributed by atoms with Gasteiger partial charge in [-0.15, -0.1) is 0 Å². The molecule has 0 saturated carbocycles. The predicted molar refractivity (Wildman–Crippen MR) is 85.8 cm³/mol. The summed E-state index contributed by atoms with van der Waals surface area (Å²) in [4.78, 5) is 24.2. The molecule has 1 aliphatic heterocycles. The Morgan fingerprint density at radius 3 is 2.56 bits per heavy atom. The zero-order valence-electron chi connectivity index (χ0n) is 13.5. The highest BCUT2D eigenvalue weighted by Crippen LogP contribution is 2.21. The Kier molecular flexibility index (Phi) is 4.57. The molecule has 0 radical (unpaired) electrons. The summed E-state index contributed by atoms with van der Waals surface area (Å²) in [6, 6.07) is 3.32. The molecule has 2 heterocycles. The molecule has 1 amide bonds.